The Morgan fingerprint density at radius 1 is 1.07 bits per heavy atom. The van der Waals surface area contributed by atoms with Crippen LogP contribution in [0, 0.1) is 0 Å². The molecule has 0 spiro atoms. The zero-order chi connectivity index (χ0) is 11.0. The Morgan fingerprint density at radius 3 is 1.93 bits per heavy atom. The van der Waals surface area contributed by atoms with Gasteiger partial charge in [0.25, 0.3) is 9.76 Å². The van der Waals surface area contributed by atoms with E-state index < -0.39 is 0 Å². The van der Waals surface area contributed by atoms with E-state index in [0.717, 1.165) is 6.42 Å². The summed E-state index contributed by atoms with van der Waals surface area (Å²) in [4.78, 5) is 0. The fourth-order valence-electron chi connectivity index (χ4n) is 0.699. The van der Waals surface area contributed by atoms with Crippen molar-refractivity contribution in [2.75, 3.05) is 13.2 Å². The molecule has 14 heavy (non-hydrogen) atoms. The lowest BCUT2D eigenvalue weighted by Crippen LogP contribution is -2.34. The fourth-order valence-corrected chi connectivity index (χ4v) is 1.73. The lowest BCUT2D eigenvalue weighted by molar-refractivity contribution is -0.0950. The zero-order valence-electron chi connectivity index (χ0n) is 9.92. The van der Waals surface area contributed by atoms with E-state index in [4.69, 9.17) is 13.9 Å². The lowest BCUT2D eigenvalue weighted by Gasteiger charge is -2.26. The first-order valence-electron chi connectivity index (χ1n) is 5.22. The summed E-state index contributed by atoms with van der Waals surface area (Å²) < 4.78 is 16.5. The summed E-state index contributed by atoms with van der Waals surface area (Å²) in [6.07, 6.45) is 0.991. The maximum Gasteiger partial charge on any atom is 0.300 e. The second-order valence-electron chi connectivity index (χ2n) is 3.58. The normalized spacial score (nSPS) is 12.4. The van der Waals surface area contributed by atoms with Crippen LogP contribution in [-0.2, 0) is 13.9 Å². The van der Waals surface area contributed by atoms with Gasteiger partial charge in [-0.3, -0.25) is 0 Å². The molecule has 0 aliphatic rings. The largest absolute Gasteiger partial charge is 0.407 e. The number of rotatable bonds is 8. The van der Waals surface area contributed by atoms with Crippen molar-refractivity contribution in [3.63, 3.8) is 0 Å². The lowest BCUT2D eigenvalue weighted by atomic mass is 10.1. The molecule has 0 rings (SSSR count). The van der Waals surface area contributed by atoms with Crippen molar-refractivity contribution in [3.05, 3.63) is 0 Å². The standard InChI is InChI=1S/C10H22O3Si/c1-6-10(4,5)13-14-9(11-7-2)12-8-3/h9H,6-8H2,1-5H3. The van der Waals surface area contributed by atoms with Gasteiger partial charge in [-0.25, -0.2) is 0 Å². The van der Waals surface area contributed by atoms with Crippen molar-refractivity contribution < 1.29 is 13.9 Å². The Bertz CT molecular complexity index is 133. The second kappa shape index (κ2) is 7.40. The summed E-state index contributed by atoms with van der Waals surface area (Å²) in [7, 11) is 0.251. The molecule has 0 aromatic rings. The fraction of sp³-hybridized carbons (Fsp3) is 1.00. The first kappa shape index (κ1) is 14.1. The molecule has 84 valence electrons. The highest BCUT2D eigenvalue weighted by molar-refractivity contribution is 6.28. The highest BCUT2D eigenvalue weighted by Crippen LogP contribution is 2.13. The molecule has 0 aliphatic carbocycles. The molecule has 0 atom stereocenters. The van der Waals surface area contributed by atoms with Crippen molar-refractivity contribution in [1.82, 2.24) is 0 Å². The van der Waals surface area contributed by atoms with Gasteiger partial charge in [-0.2, -0.15) is 0 Å². The van der Waals surface area contributed by atoms with Crippen LogP contribution in [0.2, 0.25) is 0 Å². The quantitative estimate of drug-likeness (QED) is 0.461. The summed E-state index contributed by atoms with van der Waals surface area (Å²) in [5.74, 6) is -0.198. The highest BCUT2D eigenvalue weighted by atomic mass is 28.2. The Hall–Kier alpha value is 0.0969. The van der Waals surface area contributed by atoms with Crippen LogP contribution in [-0.4, -0.2) is 34.5 Å². The number of hydrogen-bond donors (Lipinski definition) is 0. The molecule has 0 aromatic carbocycles. The molecular formula is C10H22O3Si. The molecule has 0 heterocycles. The maximum atomic E-state index is 5.72. The van der Waals surface area contributed by atoms with Crippen LogP contribution in [0.15, 0.2) is 0 Å². The van der Waals surface area contributed by atoms with Gasteiger partial charge in [0.1, 0.15) is 0 Å². The van der Waals surface area contributed by atoms with Crippen LogP contribution < -0.4 is 0 Å². The Morgan fingerprint density at radius 2 is 1.57 bits per heavy atom. The van der Waals surface area contributed by atoms with Crippen LogP contribution in [0.4, 0.5) is 0 Å². The summed E-state index contributed by atoms with van der Waals surface area (Å²) in [6, 6.07) is 0. The van der Waals surface area contributed by atoms with Crippen molar-refractivity contribution in [2.45, 2.75) is 52.6 Å². The first-order chi connectivity index (χ1) is 6.55. The molecule has 0 unspecified atom stereocenters. The predicted molar refractivity (Wildman–Crippen MR) is 58.2 cm³/mol. The van der Waals surface area contributed by atoms with Gasteiger partial charge in [-0.1, -0.05) is 6.92 Å². The van der Waals surface area contributed by atoms with Crippen LogP contribution in [0.25, 0.3) is 0 Å². The van der Waals surface area contributed by atoms with Crippen LogP contribution >= 0.6 is 0 Å². The molecule has 0 aromatic heterocycles. The minimum atomic E-state index is -0.198. The van der Waals surface area contributed by atoms with Gasteiger partial charge in [0.2, 0.25) is 0 Å². The molecule has 0 saturated heterocycles. The van der Waals surface area contributed by atoms with Crippen molar-refractivity contribution in [2.24, 2.45) is 0 Å². The maximum absolute atomic E-state index is 5.72. The summed E-state index contributed by atoms with van der Waals surface area (Å²) in [5, 5.41) is 0. The van der Waals surface area contributed by atoms with E-state index >= 15 is 0 Å². The van der Waals surface area contributed by atoms with Gasteiger partial charge in [-0.15, -0.1) is 0 Å². The van der Waals surface area contributed by atoms with Gasteiger partial charge >= 0.3 is 0 Å². The molecule has 4 heteroatoms. The van der Waals surface area contributed by atoms with E-state index in [9.17, 15) is 0 Å². The number of ether oxygens (including phenoxy) is 2. The Kier molecular flexibility index (Phi) is 7.45. The van der Waals surface area contributed by atoms with Crippen molar-refractivity contribution in [1.29, 1.82) is 0 Å². The number of hydrogen-bond acceptors (Lipinski definition) is 3. The van der Waals surface area contributed by atoms with Gasteiger partial charge in [0.15, 0.2) is 5.91 Å². The SMILES string of the molecule is CCOC(OCC)[Si]OC(C)(C)CC. The summed E-state index contributed by atoms with van der Waals surface area (Å²) >= 11 is 0. The monoisotopic (exact) mass is 218 g/mol. The van der Waals surface area contributed by atoms with Crippen LogP contribution in [0.5, 0.6) is 0 Å². The van der Waals surface area contributed by atoms with Crippen LogP contribution in [0.3, 0.4) is 0 Å². The molecular weight excluding hydrogens is 196 g/mol. The average Bonchev–Trinajstić information content (AvgIpc) is 2.15. The molecule has 2 radical (unpaired) electrons. The van der Waals surface area contributed by atoms with Gasteiger partial charge in [0.05, 0.1) is 5.60 Å². The summed E-state index contributed by atoms with van der Waals surface area (Å²) in [5.41, 5.74) is -0.0785. The highest BCUT2D eigenvalue weighted by Gasteiger charge is 2.20. The molecule has 3 nitrogen and oxygen atoms in total. The Labute approximate surface area is 90.1 Å². The Balaban J connectivity index is 3.80. The molecule has 0 fully saturated rings. The van der Waals surface area contributed by atoms with E-state index in [1.54, 1.807) is 0 Å². The second-order valence-corrected chi connectivity index (χ2v) is 4.49. The topological polar surface area (TPSA) is 27.7 Å². The minimum Gasteiger partial charge on any atom is -0.407 e. The first-order valence-corrected chi connectivity index (χ1v) is 6.21. The smallest absolute Gasteiger partial charge is 0.300 e. The molecule has 0 saturated carbocycles. The predicted octanol–water partition coefficient (Wildman–Crippen LogP) is 2.17. The van der Waals surface area contributed by atoms with Crippen molar-refractivity contribution >= 4 is 9.76 Å². The molecule has 0 aliphatic heterocycles. The van der Waals surface area contributed by atoms with E-state index in [1.165, 1.54) is 0 Å². The van der Waals surface area contributed by atoms with Gasteiger partial charge < -0.3 is 13.9 Å². The van der Waals surface area contributed by atoms with Crippen LogP contribution in [0.1, 0.15) is 41.0 Å². The van der Waals surface area contributed by atoms with E-state index in [1.807, 2.05) is 13.8 Å². The minimum absolute atomic E-state index is 0.0785. The van der Waals surface area contributed by atoms with E-state index in [-0.39, 0.29) is 21.3 Å². The third-order valence-electron chi connectivity index (χ3n) is 1.92. The molecule has 0 N–H and O–H groups in total. The van der Waals surface area contributed by atoms with Gasteiger partial charge in [0, 0.05) is 13.2 Å². The molecule has 0 amide bonds. The van der Waals surface area contributed by atoms with Gasteiger partial charge in [-0.05, 0) is 34.1 Å². The zero-order valence-corrected chi connectivity index (χ0v) is 10.9. The third kappa shape index (κ3) is 6.54. The average molecular weight is 218 g/mol. The van der Waals surface area contributed by atoms with E-state index in [2.05, 4.69) is 20.8 Å². The summed E-state index contributed by atoms with van der Waals surface area (Å²) in [6.45, 7) is 11.5. The molecule has 0 bridgehead atoms. The third-order valence-corrected chi connectivity index (χ3v) is 3.12. The van der Waals surface area contributed by atoms with E-state index in [0.29, 0.717) is 13.2 Å². The van der Waals surface area contributed by atoms with Crippen molar-refractivity contribution in [3.8, 4) is 0 Å².